The Morgan fingerprint density at radius 3 is 2.05 bits per heavy atom. The molecule has 0 radical (unpaired) electrons. The summed E-state index contributed by atoms with van der Waals surface area (Å²) in [7, 11) is 0. The zero-order chi connectivity index (χ0) is 15.8. The van der Waals surface area contributed by atoms with Gasteiger partial charge in [0.15, 0.2) is 0 Å². The lowest BCUT2D eigenvalue weighted by molar-refractivity contribution is -0.154. The Morgan fingerprint density at radius 2 is 1.52 bits per heavy atom. The van der Waals surface area contributed by atoms with E-state index in [-0.39, 0.29) is 12.6 Å². The van der Waals surface area contributed by atoms with Gasteiger partial charge in [0.2, 0.25) is 0 Å². The maximum atomic E-state index is 11.1. The van der Waals surface area contributed by atoms with Crippen LogP contribution in [0.2, 0.25) is 0 Å². The molecule has 126 valence electrons. The van der Waals surface area contributed by atoms with Crippen molar-refractivity contribution in [3.05, 3.63) is 0 Å². The van der Waals surface area contributed by atoms with Crippen molar-refractivity contribution in [2.75, 3.05) is 19.8 Å². The van der Waals surface area contributed by atoms with Crippen LogP contribution >= 0.6 is 0 Å². The second-order valence-electron chi connectivity index (χ2n) is 5.55. The van der Waals surface area contributed by atoms with Crippen molar-refractivity contribution in [3.63, 3.8) is 0 Å². The molecule has 0 saturated carbocycles. The third kappa shape index (κ3) is 14.1. The highest BCUT2D eigenvalue weighted by molar-refractivity contribution is 5.69. The summed E-state index contributed by atoms with van der Waals surface area (Å²) in [6, 6.07) is 0. The number of aliphatic hydroxyl groups is 1. The Kier molecular flexibility index (Phi) is 15.3. The van der Waals surface area contributed by atoms with E-state index in [1.54, 1.807) is 6.92 Å². The van der Waals surface area contributed by atoms with Gasteiger partial charge in [-0.2, -0.15) is 0 Å². The van der Waals surface area contributed by atoms with Gasteiger partial charge in [-0.3, -0.25) is 4.79 Å². The SMILES string of the molecule is CCCCCCCCCCCOCC(CO)OC(=O)CC. The van der Waals surface area contributed by atoms with Crippen LogP contribution in [0.15, 0.2) is 0 Å². The largest absolute Gasteiger partial charge is 0.457 e. The first-order valence-corrected chi connectivity index (χ1v) is 8.62. The van der Waals surface area contributed by atoms with Crippen molar-refractivity contribution in [3.8, 4) is 0 Å². The minimum absolute atomic E-state index is 0.177. The van der Waals surface area contributed by atoms with E-state index < -0.39 is 6.10 Å². The van der Waals surface area contributed by atoms with Crippen molar-refractivity contribution in [2.24, 2.45) is 0 Å². The zero-order valence-corrected chi connectivity index (χ0v) is 13.9. The molecule has 1 atom stereocenters. The fourth-order valence-corrected chi connectivity index (χ4v) is 2.12. The minimum Gasteiger partial charge on any atom is -0.457 e. The van der Waals surface area contributed by atoms with E-state index in [9.17, 15) is 4.79 Å². The molecular formula is C17H34O4. The van der Waals surface area contributed by atoms with Crippen molar-refractivity contribution >= 4 is 5.97 Å². The van der Waals surface area contributed by atoms with E-state index in [0.29, 0.717) is 19.6 Å². The second-order valence-corrected chi connectivity index (χ2v) is 5.55. The second kappa shape index (κ2) is 15.8. The number of hydrogen-bond donors (Lipinski definition) is 1. The van der Waals surface area contributed by atoms with E-state index >= 15 is 0 Å². The van der Waals surface area contributed by atoms with Gasteiger partial charge in [-0.15, -0.1) is 0 Å². The van der Waals surface area contributed by atoms with E-state index in [1.807, 2.05) is 0 Å². The summed E-state index contributed by atoms with van der Waals surface area (Å²) in [5.74, 6) is -0.291. The molecule has 0 aliphatic rings. The third-order valence-corrected chi connectivity index (χ3v) is 3.49. The number of ether oxygens (including phenoxy) is 2. The van der Waals surface area contributed by atoms with Crippen LogP contribution < -0.4 is 0 Å². The van der Waals surface area contributed by atoms with Gasteiger partial charge in [-0.25, -0.2) is 0 Å². The van der Waals surface area contributed by atoms with Gasteiger partial charge < -0.3 is 14.6 Å². The molecule has 0 aromatic rings. The van der Waals surface area contributed by atoms with Crippen LogP contribution in [0.5, 0.6) is 0 Å². The lowest BCUT2D eigenvalue weighted by Gasteiger charge is -2.15. The lowest BCUT2D eigenvalue weighted by atomic mass is 10.1. The first-order chi connectivity index (χ1) is 10.2. The van der Waals surface area contributed by atoms with Gasteiger partial charge >= 0.3 is 5.97 Å². The van der Waals surface area contributed by atoms with E-state index in [0.717, 1.165) is 6.42 Å². The Hall–Kier alpha value is -0.610. The normalized spacial score (nSPS) is 12.3. The molecule has 0 aliphatic carbocycles. The molecule has 0 fully saturated rings. The summed E-state index contributed by atoms with van der Waals surface area (Å²) in [5, 5.41) is 9.07. The van der Waals surface area contributed by atoms with Crippen LogP contribution in [-0.4, -0.2) is 37.0 Å². The molecule has 0 rings (SSSR count). The summed E-state index contributed by atoms with van der Waals surface area (Å²) in [5.41, 5.74) is 0. The van der Waals surface area contributed by atoms with Gasteiger partial charge in [0.05, 0.1) is 13.2 Å². The maximum Gasteiger partial charge on any atom is 0.305 e. The first-order valence-electron chi connectivity index (χ1n) is 8.62. The molecule has 0 amide bonds. The molecule has 0 saturated heterocycles. The molecule has 0 aromatic carbocycles. The quantitative estimate of drug-likeness (QED) is 0.369. The predicted octanol–water partition coefficient (Wildman–Crippen LogP) is 3.85. The summed E-state index contributed by atoms with van der Waals surface area (Å²) >= 11 is 0. The standard InChI is InChI=1S/C17H34O4/c1-3-5-6-7-8-9-10-11-12-13-20-15-16(14-18)21-17(19)4-2/h16,18H,3-15H2,1-2H3. The molecule has 0 aliphatic heterocycles. The van der Waals surface area contributed by atoms with Gasteiger partial charge in [0, 0.05) is 13.0 Å². The maximum absolute atomic E-state index is 11.1. The fourth-order valence-electron chi connectivity index (χ4n) is 2.12. The smallest absolute Gasteiger partial charge is 0.305 e. The Morgan fingerprint density at radius 1 is 0.952 bits per heavy atom. The average Bonchev–Trinajstić information content (AvgIpc) is 2.51. The summed E-state index contributed by atoms with van der Waals surface area (Å²) in [6.07, 6.45) is 11.4. The number of unbranched alkanes of at least 4 members (excludes halogenated alkanes) is 8. The van der Waals surface area contributed by atoms with E-state index in [4.69, 9.17) is 14.6 Å². The molecule has 0 aromatic heterocycles. The molecule has 1 unspecified atom stereocenters. The molecule has 4 nitrogen and oxygen atoms in total. The first kappa shape index (κ1) is 20.4. The van der Waals surface area contributed by atoms with Crippen LogP contribution in [0, 0.1) is 0 Å². The molecule has 21 heavy (non-hydrogen) atoms. The van der Waals surface area contributed by atoms with Crippen molar-refractivity contribution < 1.29 is 19.4 Å². The fraction of sp³-hybridized carbons (Fsp3) is 0.941. The monoisotopic (exact) mass is 302 g/mol. The Balaban J connectivity index is 3.28. The number of hydrogen-bond acceptors (Lipinski definition) is 4. The van der Waals surface area contributed by atoms with Gasteiger partial charge in [0.25, 0.3) is 0 Å². The van der Waals surface area contributed by atoms with E-state index in [2.05, 4.69) is 6.92 Å². The Labute approximate surface area is 130 Å². The number of carbonyl (C=O) groups is 1. The van der Waals surface area contributed by atoms with Crippen LogP contribution in [0.3, 0.4) is 0 Å². The number of esters is 1. The van der Waals surface area contributed by atoms with Crippen LogP contribution in [0.4, 0.5) is 0 Å². The summed E-state index contributed by atoms with van der Waals surface area (Å²) in [4.78, 5) is 11.1. The number of rotatable bonds is 15. The molecule has 0 spiro atoms. The molecule has 0 bridgehead atoms. The number of carbonyl (C=O) groups excluding carboxylic acids is 1. The zero-order valence-electron chi connectivity index (χ0n) is 13.9. The number of aliphatic hydroxyl groups excluding tert-OH is 1. The topological polar surface area (TPSA) is 55.8 Å². The summed E-state index contributed by atoms with van der Waals surface area (Å²) < 4.78 is 10.5. The van der Waals surface area contributed by atoms with Crippen molar-refractivity contribution in [1.82, 2.24) is 0 Å². The van der Waals surface area contributed by atoms with Gasteiger partial charge in [-0.1, -0.05) is 65.2 Å². The highest BCUT2D eigenvalue weighted by Gasteiger charge is 2.11. The van der Waals surface area contributed by atoms with Gasteiger partial charge in [0.1, 0.15) is 6.10 Å². The molecular weight excluding hydrogens is 268 g/mol. The van der Waals surface area contributed by atoms with Crippen LogP contribution in [0.1, 0.15) is 78.1 Å². The van der Waals surface area contributed by atoms with E-state index in [1.165, 1.54) is 51.4 Å². The third-order valence-electron chi connectivity index (χ3n) is 3.49. The van der Waals surface area contributed by atoms with Crippen molar-refractivity contribution in [2.45, 2.75) is 84.2 Å². The minimum atomic E-state index is -0.518. The molecule has 1 N–H and O–H groups in total. The lowest BCUT2D eigenvalue weighted by Crippen LogP contribution is -2.27. The average molecular weight is 302 g/mol. The Bertz CT molecular complexity index is 231. The van der Waals surface area contributed by atoms with Crippen molar-refractivity contribution in [1.29, 1.82) is 0 Å². The molecule has 0 heterocycles. The highest BCUT2D eigenvalue weighted by Crippen LogP contribution is 2.09. The molecule has 4 heteroatoms. The van der Waals surface area contributed by atoms with Gasteiger partial charge in [-0.05, 0) is 6.42 Å². The highest BCUT2D eigenvalue weighted by atomic mass is 16.6. The van der Waals surface area contributed by atoms with Crippen LogP contribution in [0.25, 0.3) is 0 Å². The predicted molar refractivity (Wildman–Crippen MR) is 85.3 cm³/mol. The van der Waals surface area contributed by atoms with Crippen LogP contribution in [-0.2, 0) is 14.3 Å². The summed E-state index contributed by atoms with van der Waals surface area (Å²) in [6.45, 7) is 4.77.